The van der Waals surface area contributed by atoms with Crippen LogP contribution in [0.3, 0.4) is 0 Å². The maximum atomic E-state index is 2.54. The van der Waals surface area contributed by atoms with Gasteiger partial charge >= 0.3 is 0 Å². The summed E-state index contributed by atoms with van der Waals surface area (Å²) in [4.78, 5) is 2.54. The molecule has 70 heavy (non-hydrogen) atoms. The second kappa shape index (κ2) is 16.2. The Morgan fingerprint density at radius 3 is 1.39 bits per heavy atom. The summed E-state index contributed by atoms with van der Waals surface area (Å²) < 4.78 is 2.54. The molecule has 0 aliphatic rings. The van der Waals surface area contributed by atoms with Gasteiger partial charge in [0.15, 0.2) is 0 Å². The van der Waals surface area contributed by atoms with Crippen LogP contribution in [0.4, 0.5) is 17.1 Å². The van der Waals surface area contributed by atoms with Gasteiger partial charge in [-0.1, -0.05) is 204 Å². The first kappa shape index (κ1) is 45.3. The Balaban J connectivity index is 1.18. The Bertz CT molecular complexity index is 3690. The molecule has 10 aromatic carbocycles. The minimum absolute atomic E-state index is 0.0270. The highest BCUT2D eigenvalue weighted by Gasteiger charge is 2.27. The highest BCUT2D eigenvalue weighted by atomic mass is 15.1. The van der Waals surface area contributed by atoms with Crippen molar-refractivity contribution in [1.82, 2.24) is 4.57 Å². The molecule has 0 N–H and O–H groups in total. The van der Waals surface area contributed by atoms with Crippen LogP contribution in [-0.4, -0.2) is 4.57 Å². The van der Waals surface area contributed by atoms with E-state index in [9.17, 15) is 0 Å². The molecule has 0 saturated heterocycles. The van der Waals surface area contributed by atoms with E-state index in [2.05, 4.69) is 275 Å². The van der Waals surface area contributed by atoms with Crippen LogP contribution in [0.15, 0.2) is 182 Å². The minimum Gasteiger partial charge on any atom is -0.310 e. The summed E-state index contributed by atoms with van der Waals surface area (Å²) in [6.45, 7) is 27.9. The summed E-state index contributed by atoms with van der Waals surface area (Å²) in [5.41, 5.74) is 17.2. The monoisotopic (exact) mass is 911 g/mol. The Morgan fingerprint density at radius 1 is 0.329 bits per heavy atom. The van der Waals surface area contributed by atoms with E-state index >= 15 is 0 Å². The fourth-order valence-corrected chi connectivity index (χ4v) is 10.8. The molecule has 0 fully saturated rings. The van der Waals surface area contributed by atoms with Crippen LogP contribution in [0, 0.1) is 0 Å². The normalized spacial score (nSPS) is 12.9. The maximum Gasteiger partial charge on any atom is 0.0541 e. The van der Waals surface area contributed by atoms with Crippen molar-refractivity contribution >= 4 is 71.2 Å². The van der Waals surface area contributed by atoms with Crippen molar-refractivity contribution in [2.45, 2.75) is 105 Å². The fraction of sp³-hybridized carbons (Fsp3) is 0.235. The predicted molar refractivity (Wildman–Crippen MR) is 305 cm³/mol. The first-order valence-corrected chi connectivity index (χ1v) is 25.3. The quantitative estimate of drug-likeness (QED) is 0.151. The van der Waals surface area contributed by atoms with Crippen LogP contribution in [-0.2, 0) is 21.7 Å². The predicted octanol–water partition coefficient (Wildman–Crippen LogP) is 19.7. The zero-order chi connectivity index (χ0) is 49.1. The van der Waals surface area contributed by atoms with Crippen molar-refractivity contribution in [1.29, 1.82) is 0 Å². The lowest BCUT2D eigenvalue weighted by atomic mass is 9.80. The van der Waals surface area contributed by atoms with Gasteiger partial charge in [-0.2, -0.15) is 0 Å². The van der Waals surface area contributed by atoms with Crippen LogP contribution < -0.4 is 4.90 Å². The molecular formula is C68H66N2. The van der Waals surface area contributed by atoms with E-state index in [0.29, 0.717) is 0 Å². The molecule has 0 aliphatic carbocycles. The number of anilines is 3. The van der Waals surface area contributed by atoms with Gasteiger partial charge in [0.1, 0.15) is 0 Å². The summed E-state index contributed by atoms with van der Waals surface area (Å²) in [5.74, 6) is 0. The van der Waals surface area contributed by atoms with E-state index in [1.54, 1.807) is 0 Å². The van der Waals surface area contributed by atoms with Crippen LogP contribution in [0.5, 0.6) is 0 Å². The lowest BCUT2D eigenvalue weighted by Gasteiger charge is -2.32. The molecule has 0 unspecified atom stereocenters. The maximum absolute atomic E-state index is 2.54. The SMILES string of the molecule is CC(C)(C)c1cc(N(c2cccc(-c3ccccc3-c3ccccc3)c2)c2ccc3ccc4c(-n5c6ccc(C(C)(C)C)cc6c6cc(C(C)(C)C)ccc65)ccc5ccc2c3c54)cc(C(C)(C)C)c1. The first-order chi connectivity index (χ1) is 33.2. The van der Waals surface area contributed by atoms with E-state index in [4.69, 9.17) is 0 Å². The molecule has 11 aromatic rings. The van der Waals surface area contributed by atoms with Crippen molar-refractivity contribution in [3.05, 3.63) is 204 Å². The van der Waals surface area contributed by atoms with Gasteiger partial charge in [-0.05, 0) is 148 Å². The summed E-state index contributed by atoms with van der Waals surface area (Å²) >= 11 is 0. The Labute approximate surface area is 415 Å². The second-order valence-electron chi connectivity index (χ2n) is 24.0. The molecule has 11 rings (SSSR count). The molecule has 0 aliphatic heterocycles. The molecule has 0 saturated carbocycles. The molecule has 348 valence electrons. The standard InChI is InChI=1S/C68H66N2/c1-65(2,3)47-29-35-61-57(41-47)58-42-48(66(4,5)6)30-36-62(58)70(61)60-34-28-45-25-31-55-59(33-27-44-26-32-56(60)64(45)63(44)55)69(52-39-49(67(7,8)9)38-50(40-52)68(10,11)12)51-22-18-21-46(37-51)54-24-17-16-23-53(54)43-19-14-13-15-20-43/h13-42H,1-12H3. The molecule has 1 aromatic heterocycles. The van der Waals surface area contributed by atoms with Gasteiger partial charge in [-0.3, -0.25) is 0 Å². The van der Waals surface area contributed by atoms with Gasteiger partial charge in [-0.15, -0.1) is 0 Å². The van der Waals surface area contributed by atoms with Crippen molar-refractivity contribution in [2.24, 2.45) is 0 Å². The van der Waals surface area contributed by atoms with Gasteiger partial charge in [0.2, 0.25) is 0 Å². The highest BCUT2D eigenvalue weighted by molar-refractivity contribution is 6.27. The van der Waals surface area contributed by atoms with Crippen LogP contribution in [0.2, 0.25) is 0 Å². The number of hydrogen-bond donors (Lipinski definition) is 0. The van der Waals surface area contributed by atoms with Gasteiger partial charge in [0.05, 0.1) is 22.4 Å². The van der Waals surface area contributed by atoms with Gasteiger partial charge in [-0.25, -0.2) is 0 Å². The number of nitrogens with zero attached hydrogens (tertiary/aromatic N) is 2. The molecule has 0 atom stereocenters. The van der Waals surface area contributed by atoms with Crippen LogP contribution in [0.1, 0.15) is 105 Å². The van der Waals surface area contributed by atoms with Crippen LogP contribution >= 0.6 is 0 Å². The summed E-state index contributed by atoms with van der Waals surface area (Å²) in [6, 6.07) is 69.3. The molecular weight excluding hydrogens is 845 g/mol. The summed E-state index contributed by atoms with van der Waals surface area (Å²) in [6.07, 6.45) is 0. The zero-order valence-corrected chi connectivity index (χ0v) is 43.2. The molecule has 2 nitrogen and oxygen atoms in total. The van der Waals surface area contributed by atoms with E-state index in [0.717, 1.165) is 17.1 Å². The van der Waals surface area contributed by atoms with Crippen LogP contribution in [0.25, 0.3) is 82.1 Å². The smallest absolute Gasteiger partial charge is 0.0541 e. The number of rotatable bonds is 6. The Hall–Kier alpha value is -7.16. The number of hydrogen-bond acceptors (Lipinski definition) is 1. The summed E-state index contributed by atoms with van der Waals surface area (Å²) in [5, 5.41) is 10.2. The average Bonchev–Trinajstić information content (AvgIpc) is 3.66. The van der Waals surface area contributed by atoms with E-state index in [-0.39, 0.29) is 21.7 Å². The average molecular weight is 911 g/mol. The first-order valence-electron chi connectivity index (χ1n) is 25.3. The molecule has 2 heteroatoms. The zero-order valence-electron chi connectivity index (χ0n) is 43.2. The fourth-order valence-electron chi connectivity index (χ4n) is 10.8. The lowest BCUT2D eigenvalue weighted by Crippen LogP contribution is -2.19. The van der Waals surface area contributed by atoms with Gasteiger partial charge in [0, 0.05) is 32.9 Å². The number of fused-ring (bicyclic) bond motifs is 3. The van der Waals surface area contributed by atoms with Gasteiger partial charge in [0.25, 0.3) is 0 Å². The van der Waals surface area contributed by atoms with Crippen molar-refractivity contribution in [3.8, 4) is 27.9 Å². The van der Waals surface area contributed by atoms with Crippen molar-refractivity contribution in [3.63, 3.8) is 0 Å². The third kappa shape index (κ3) is 7.73. The third-order valence-corrected chi connectivity index (χ3v) is 14.9. The minimum atomic E-state index is -0.0629. The van der Waals surface area contributed by atoms with Gasteiger partial charge < -0.3 is 9.47 Å². The van der Waals surface area contributed by atoms with E-state index < -0.39 is 0 Å². The van der Waals surface area contributed by atoms with E-state index in [1.165, 1.54) is 104 Å². The molecule has 1 heterocycles. The highest BCUT2D eigenvalue weighted by Crippen LogP contribution is 2.48. The largest absolute Gasteiger partial charge is 0.310 e. The Kier molecular flexibility index (Phi) is 10.5. The Morgan fingerprint density at radius 2 is 0.814 bits per heavy atom. The molecule has 0 bridgehead atoms. The molecule has 0 spiro atoms. The lowest BCUT2D eigenvalue weighted by molar-refractivity contribution is 0.569. The van der Waals surface area contributed by atoms with E-state index in [1.807, 2.05) is 0 Å². The second-order valence-corrected chi connectivity index (χ2v) is 24.0. The van der Waals surface area contributed by atoms with Crippen molar-refractivity contribution < 1.29 is 0 Å². The number of aromatic nitrogens is 1. The molecule has 0 radical (unpaired) electrons. The van der Waals surface area contributed by atoms with Crippen molar-refractivity contribution in [2.75, 3.05) is 4.90 Å². The molecule has 0 amide bonds. The topological polar surface area (TPSA) is 8.17 Å². The third-order valence-electron chi connectivity index (χ3n) is 14.9. The summed E-state index contributed by atoms with van der Waals surface area (Å²) in [7, 11) is 0. The number of benzene rings is 10.